The molecule has 0 spiro atoms. The highest BCUT2D eigenvalue weighted by Gasteiger charge is 2.27. The van der Waals surface area contributed by atoms with Crippen molar-refractivity contribution in [2.75, 3.05) is 18.0 Å². The zero-order chi connectivity index (χ0) is 16.4. The molecule has 2 fully saturated rings. The molecule has 0 unspecified atom stereocenters. The number of anilines is 1. The SMILES string of the molecule is CC(C)(C)OC(=O)NC1CCN(c2cc(C3CC3)ncn2)CC1. The molecule has 1 N–H and O–H groups in total. The molecule has 1 saturated heterocycles. The number of rotatable bonds is 3. The van der Waals surface area contributed by atoms with Crippen LogP contribution in [0.4, 0.5) is 10.6 Å². The molecular formula is C17H26N4O2. The summed E-state index contributed by atoms with van der Waals surface area (Å²) in [5.41, 5.74) is 0.717. The normalized spacial score (nSPS) is 19.5. The summed E-state index contributed by atoms with van der Waals surface area (Å²) in [7, 11) is 0. The van der Waals surface area contributed by atoms with Gasteiger partial charge in [-0.3, -0.25) is 0 Å². The first kappa shape index (κ1) is 16.0. The molecule has 2 aliphatic rings. The summed E-state index contributed by atoms with van der Waals surface area (Å²) in [6.45, 7) is 7.41. The van der Waals surface area contributed by atoms with E-state index >= 15 is 0 Å². The maximum atomic E-state index is 11.8. The van der Waals surface area contributed by atoms with Crippen LogP contribution >= 0.6 is 0 Å². The predicted octanol–water partition coefficient (Wildman–Crippen LogP) is 2.85. The van der Waals surface area contributed by atoms with Crippen LogP contribution in [0.5, 0.6) is 0 Å². The quantitative estimate of drug-likeness (QED) is 0.928. The molecule has 1 aliphatic carbocycles. The average molecular weight is 318 g/mol. The molecule has 23 heavy (non-hydrogen) atoms. The molecule has 2 heterocycles. The number of hydrogen-bond donors (Lipinski definition) is 1. The fraction of sp³-hybridized carbons (Fsp3) is 0.706. The largest absolute Gasteiger partial charge is 0.444 e. The third-order valence-electron chi connectivity index (χ3n) is 4.21. The topological polar surface area (TPSA) is 67.3 Å². The van der Waals surface area contributed by atoms with E-state index in [9.17, 15) is 4.79 Å². The van der Waals surface area contributed by atoms with Gasteiger partial charge in [0.2, 0.25) is 0 Å². The number of piperidine rings is 1. The smallest absolute Gasteiger partial charge is 0.407 e. The van der Waals surface area contributed by atoms with Crippen LogP contribution in [0.2, 0.25) is 0 Å². The van der Waals surface area contributed by atoms with Crippen LogP contribution in [0.1, 0.15) is 58.1 Å². The van der Waals surface area contributed by atoms with E-state index in [0.717, 1.165) is 31.7 Å². The second-order valence-corrected chi connectivity index (χ2v) is 7.48. The Bertz CT molecular complexity index is 558. The maximum Gasteiger partial charge on any atom is 0.407 e. The Balaban J connectivity index is 1.50. The van der Waals surface area contributed by atoms with Crippen molar-refractivity contribution >= 4 is 11.9 Å². The Kier molecular flexibility index (Phi) is 4.41. The number of carbonyl (C=O) groups is 1. The maximum absolute atomic E-state index is 11.8. The van der Waals surface area contributed by atoms with Crippen molar-refractivity contribution in [2.24, 2.45) is 0 Å². The number of nitrogens with one attached hydrogen (secondary N) is 1. The van der Waals surface area contributed by atoms with E-state index in [1.807, 2.05) is 20.8 Å². The minimum atomic E-state index is -0.453. The van der Waals surface area contributed by atoms with Gasteiger partial charge in [-0.1, -0.05) is 0 Å². The van der Waals surface area contributed by atoms with E-state index in [-0.39, 0.29) is 12.1 Å². The van der Waals surface area contributed by atoms with Gasteiger partial charge in [-0.15, -0.1) is 0 Å². The van der Waals surface area contributed by atoms with Gasteiger partial charge in [0.25, 0.3) is 0 Å². The second-order valence-electron chi connectivity index (χ2n) is 7.48. The fourth-order valence-corrected chi connectivity index (χ4v) is 2.86. The molecule has 126 valence electrons. The Morgan fingerprint density at radius 3 is 2.52 bits per heavy atom. The number of hydrogen-bond acceptors (Lipinski definition) is 5. The average Bonchev–Trinajstić information content (AvgIpc) is 3.31. The lowest BCUT2D eigenvalue weighted by Gasteiger charge is -2.33. The predicted molar refractivity (Wildman–Crippen MR) is 88.6 cm³/mol. The van der Waals surface area contributed by atoms with Crippen molar-refractivity contribution in [1.29, 1.82) is 0 Å². The highest BCUT2D eigenvalue weighted by Crippen LogP contribution is 2.39. The van der Waals surface area contributed by atoms with Gasteiger partial charge in [-0.2, -0.15) is 0 Å². The second kappa shape index (κ2) is 6.34. The molecule has 1 saturated carbocycles. The Morgan fingerprint density at radius 2 is 1.91 bits per heavy atom. The lowest BCUT2D eigenvalue weighted by atomic mass is 10.1. The molecule has 0 radical (unpaired) electrons. The van der Waals surface area contributed by atoms with E-state index in [1.54, 1.807) is 6.33 Å². The van der Waals surface area contributed by atoms with E-state index in [0.29, 0.717) is 5.92 Å². The molecule has 6 nitrogen and oxygen atoms in total. The van der Waals surface area contributed by atoms with Gasteiger partial charge >= 0.3 is 6.09 Å². The number of aromatic nitrogens is 2. The lowest BCUT2D eigenvalue weighted by Crippen LogP contribution is -2.46. The van der Waals surface area contributed by atoms with Crippen molar-refractivity contribution < 1.29 is 9.53 Å². The van der Waals surface area contributed by atoms with Crippen molar-refractivity contribution in [2.45, 2.75) is 64.0 Å². The van der Waals surface area contributed by atoms with Gasteiger partial charge < -0.3 is 15.0 Å². The first-order chi connectivity index (χ1) is 10.9. The van der Waals surface area contributed by atoms with Crippen LogP contribution in [0.15, 0.2) is 12.4 Å². The molecule has 0 atom stereocenters. The van der Waals surface area contributed by atoms with Crippen molar-refractivity contribution in [1.82, 2.24) is 15.3 Å². The lowest BCUT2D eigenvalue weighted by molar-refractivity contribution is 0.0497. The Hall–Kier alpha value is -1.85. The monoisotopic (exact) mass is 318 g/mol. The summed E-state index contributed by atoms with van der Waals surface area (Å²) >= 11 is 0. The summed E-state index contributed by atoms with van der Waals surface area (Å²) in [6.07, 6.45) is 5.66. The highest BCUT2D eigenvalue weighted by atomic mass is 16.6. The molecule has 0 bridgehead atoms. The molecule has 1 aliphatic heterocycles. The molecule has 1 aromatic rings. The van der Waals surface area contributed by atoms with Crippen LogP contribution < -0.4 is 10.2 Å². The van der Waals surface area contributed by atoms with E-state index in [4.69, 9.17) is 4.74 Å². The Morgan fingerprint density at radius 1 is 1.22 bits per heavy atom. The summed E-state index contributed by atoms with van der Waals surface area (Å²) in [5.74, 6) is 1.65. The van der Waals surface area contributed by atoms with Crippen molar-refractivity contribution in [3.05, 3.63) is 18.1 Å². The molecule has 6 heteroatoms. The van der Waals surface area contributed by atoms with Gasteiger partial charge in [-0.25, -0.2) is 14.8 Å². The Labute approximate surface area is 137 Å². The standard InChI is InChI=1S/C17H26N4O2/c1-17(2,3)23-16(22)20-13-6-8-21(9-7-13)15-10-14(12-4-5-12)18-11-19-15/h10-13H,4-9H2,1-3H3,(H,20,22). The third kappa shape index (κ3) is 4.56. The zero-order valence-electron chi connectivity index (χ0n) is 14.2. The zero-order valence-corrected chi connectivity index (χ0v) is 14.2. The minimum absolute atomic E-state index is 0.172. The van der Waals surface area contributed by atoms with Gasteiger partial charge in [-0.05, 0) is 46.5 Å². The highest BCUT2D eigenvalue weighted by molar-refractivity contribution is 5.68. The molecular weight excluding hydrogens is 292 g/mol. The third-order valence-corrected chi connectivity index (χ3v) is 4.21. The minimum Gasteiger partial charge on any atom is -0.444 e. The summed E-state index contributed by atoms with van der Waals surface area (Å²) in [4.78, 5) is 22.9. The first-order valence-electron chi connectivity index (χ1n) is 8.47. The first-order valence-corrected chi connectivity index (χ1v) is 8.47. The number of ether oxygens (including phenoxy) is 1. The number of carbonyl (C=O) groups excluding carboxylic acids is 1. The van der Waals surface area contributed by atoms with Gasteiger partial charge in [0.15, 0.2) is 0 Å². The van der Waals surface area contributed by atoms with Crippen LogP contribution in [0.25, 0.3) is 0 Å². The van der Waals surface area contributed by atoms with Crippen LogP contribution in [0.3, 0.4) is 0 Å². The van der Waals surface area contributed by atoms with E-state index in [1.165, 1.54) is 18.5 Å². The van der Waals surface area contributed by atoms with E-state index < -0.39 is 5.60 Å². The van der Waals surface area contributed by atoms with Crippen molar-refractivity contribution in [3.63, 3.8) is 0 Å². The number of nitrogens with zero attached hydrogens (tertiary/aromatic N) is 3. The van der Waals surface area contributed by atoms with Crippen LogP contribution in [0, 0.1) is 0 Å². The molecule has 0 aromatic carbocycles. The molecule has 1 aromatic heterocycles. The van der Waals surface area contributed by atoms with E-state index in [2.05, 4.69) is 26.3 Å². The summed E-state index contributed by atoms with van der Waals surface area (Å²) in [5, 5.41) is 2.97. The van der Waals surface area contributed by atoms with Crippen molar-refractivity contribution in [3.8, 4) is 0 Å². The summed E-state index contributed by atoms with van der Waals surface area (Å²) in [6, 6.07) is 2.30. The van der Waals surface area contributed by atoms with Gasteiger partial charge in [0.1, 0.15) is 17.7 Å². The number of amides is 1. The molecule has 1 amide bonds. The van der Waals surface area contributed by atoms with Gasteiger partial charge in [0.05, 0.1) is 0 Å². The fourth-order valence-electron chi connectivity index (χ4n) is 2.86. The van der Waals surface area contributed by atoms with Crippen LogP contribution in [-0.2, 0) is 4.74 Å². The van der Waals surface area contributed by atoms with Gasteiger partial charge in [0, 0.05) is 36.8 Å². The number of alkyl carbamates (subject to hydrolysis) is 1. The van der Waals surface area contributed by atoms with Crippen LogP contribution in [-0.4, -0.2) is 40.8 Å². The molecule has 3 rings (SSSR count). The summed E-state index contributed by atoms with van der Waals surface area (Å²) < 4.78 is 5.32.